The number of aryl methyl sites for hydroxylation is 1. The van der Waals surface area contributed by atoms with Crippen molar-refractivity contribution in [2.75, 3.05) is 20.8 Å². The molecule has 2 atom stereocenters. The minimum Gasteiger partial charge on any atom is -0.502 e. The molecule has 1 aromatic rings. The summed E-state index contributed by atoms with van der Waals surface area (Å²) in [5.41, 5.74) is 2.71. The summed E-state index contributed by atoms with van der Waals surface area (Å²) in [5.74, 6) is 5.03. The van der Waals surface area contributed by atoms with Crippen molar-refractivity contribution in [2.45, 2.75) is 87.0 Å². The molecule has 4 heteroatoms. The van der Waals surface area contributed by atoms with Gasteiger partial charge >= 0.3 is 0 Å². The smallest absolute Gasteiger partial charge is 0.136 e. The van der Waals surface area contributed by atoms with Crippen LogP contribution >= 0.6 is 15.9 Å². The molecule has 0 aliphatic carbocycles. The van der Waals surface area contributed by atoms with Crippen molar-refractivity contribution >= 4 is 15.9 Å². The summed E-state index contributed by atoms with van der Waals surface area (Å²) in [4.78, 5) is 0. The normalized spacial score (nSPS) is 14.5. The second-order valence-corrected chi connectivity index (χ2v) is 9.83. The molecule has 3 nitrogen and oxygen atoms in total. The fraction of sp³-hybridized carbons (Fsp3) is 0.655. The highest BCUT2D eigenvalue weighted by Crippen LogP contribution is 2.35. The van der Waals surface area contributed by atoms with E-state index in [9.17, 15) is 0 Å². The fourth-order valence-corrected chi connectivity index (χ4v) is 4.38. The van der Waals surface area contributed by atoms with Gasteiger partial charge in [0.2, 0.25) is 0 Å². The fourth-order valence-electron chi connectivity index (χ4n) is 3.89. The molecule has 0 N–H and O–H groups in total. The number of hydrogen-bond donors (Lipinski definition) is 0. The summed E-state index contributed by atoms with van der Waals surface area (Å²) in [5, 5.41) is 0. The van der Waals surface area contributed by atoms with E-state index >= 15 is 0 Å². The number of ether oxygens (including phenoxy) is 3. The molecule has 0 fully saturated rings. The average molecular weight is 526 g/mol. The predicted octanol–water partition coefficient (Wildman–Crippen LogP) is 9.27. The van der Waals surface area contributed by atoms with Crippen molar-refractivity contribution < 1.29 is 14.2 Å². The summed E-state index contributed by atoms with van der Waals surface area (Å²) in [6.07, 6.45) is 9.02. The highest BCUT2D eigenvalue weighted by atomic mass is 79.9. The quantitative estimate of drug-likeness (QED) is 0.301. The van der Waals surface area contributed by atoms with Gasteiger partial charge in [0.15, 0.2) is 0 Å². The number of rotatable bonds is 9. The molecule has 0 saturated carbocycles. The summed E-state index contributed by atoms with van der Waals surface area (Å²) in [7, 11) is 3.44. The van der Waals surface area contributed by atoms with Gasteiger partial charge in [-0.05, 0) is 77.2 Å². The third-order valence-electron chi connectivity index (χ3n) is 6.12. The van der Waals surface area contributed by atoms with Gasteiger partial charge in [0.05, 0.1) is 36.8 Å². The third-order valence-corrected chi connectivity index (χ3v) is 6.75. The Balaban J connectivity index is 0.000000506. The highest BCUT2D eigenvalue weighted by Gasteiger charge is 2.24. The number of benzene rings is 1. The zero-order valence-electron chi connectivity index (χ0n) is 22.7. The molecule has 2 rings (SSSR count). The van der Waals surface area contributed by atoms with Crippen LogP contribution in [0.5, 0.6) is 5.75 Å². The van der Waals surface area contributed by atoms with Crippen LogP contribution in [0.25, 0.3) is 0 Å². The lowest BCUT2D eigenvalue weighted by molar-refractivity contribution is 0.171. The van der Waals surface area contributed by atoms with Gasteiger partial charge < -0.3 is 14.2 Å². The summed E-state index contributed by atoms with van der Waals surface area (Å²) >= 11 is 3.49. The molecule has 0 saturated heterocycles. The number of allylic oxidation sites excluding steroid dienone is 3. The topological polar surface area (TPSA) is 27.7 Å². The number of hydrogen-bond acceptors (Lipinski definition) is 3. The van der Waals surface area contributed by atoms with Gasteiger partial charge in [-0.3, -0.25) is 0 Å². The van der Waals surface area contributed by atoms with E-state index in [1.807, 2.05) is 6.92 Å². The van der Waals surface area contributed by atoms with Gasteiger partial charge in [0, 0.05) is 12.3 Å². The molecule has 0 radical (unpaired) electrons. The highest BCUT2D eigenvalue weighted by molar-refractivity contribution is 9.10. The van der Waals surface area contributed by atoms with Crippen molar-refractivity contribution in [1.82, 2.24) is 0 Å². The largest absolute Gasteiger partial charge is 0.502 e. The van der Waals surface area contributed by atoms with E-state index in [1.165, 1.54) is 29.7 Å². The van der Waals surface area contributed by atoms with Crippen molar-refractivity contribution in [3.8, 4) is 5.75 Å². The molecule has 2 unspecified atom stereocenters. The first-order valence-corrected chi connectivity index (χ1v) is 13.3. The molecule has 1 aromatic carbocycles. The second kappa shape index (κ2) is 18.0. The summed E-state index contributed by atoms with van der Waals surface area (Å²) < 4.78 is 16.9. The molecule has 0 spiro atoms. The minimum atomic E-state index is 0.576. The number of fused-ring (bicyclic) bond motifs is 1. The van der Waals surface area contributed by atoms with E-state index in [4.69, 9.17) is 14.2 Å². The van der Waals surface area contributed by atoms with Crippen LogP contribution in [-0.2, 0) is 15.9 Å². The number of unbranched alkanes of at least 4 members (excludes halogenated alkanes) is 1. The van der Waals surface area contributed by atoms with E-state index in [0.717, 1.165) is 48.3 Å². The Hall–Kier alpha value is -1.42. The van der Waals surface area contributed by atoms with Crippen LogP contribution in [0, 0.1) is 24.7 Å². The first-order chi connectivity index (χ1) is 15.7. The van der Waals surface area contributed by atoms with Gasteiger partial charge in [-0.2, -0.15) is 0 Å². The Kier molecular flexibility index (Phi) is 17.2. The van der Waals surface area contributed by atoms with E-state index in [1.54, 1.807) is 14.2 Å². The minimum absolute atomic E-state index is 0.576. The number of halogens is 1. The van der Waals surface area contributed by atoms with Gasteiger partial charge in [0.1, 0.15) is 5.75 Å². The Bertz CT molecular complexity index is 672. The van der Waals surface area contributed by atoms with E-state index < -0.39 is 0 Å². The first-order valence-electron chi connectivity index (χ1n) is 12.5. The van der Waals surface area contributed by atoms with Crippen molar-refractivity contribution in [3.05, 3.63) is 51.9 Å². The maximum Gasteiger partial charge on any atom is 0.136 e. The van der Waals surface area contributed by atoms with Crippen LogP contribution in [0.3, 0.4) is 0 Å². The molecular weight excluding hydrogens is 476 g/mol. The Morgan fingerprint density at radius 2 is 1.82 bits per heavy atom. The predicted molar refractivity (Wildman–Crippen MR) is 147 cm³/mol. The van der Waals surface area contributed by atoms with Crippen LogP contribution in [0.1, 0.15) is 84.8 Å². The molecule has 0 amide bonds. The van der Waals surface area contributed by atoms with Gasteiger partial charge in [0.25, 0.3) is 0 Å². The Morgan fingerprint density at radius 3 is 2.24 bits per heavy atom. The van der Waals surface area contributed by atoms with Gasteiger partial charge in [-0.15, -0.1) is 0 Å². The average Bonchev–Trinajstić information content (AvgIpc) is 2.83. The summed E-state index contributed by atoms with van der Waals surface area (Å²) in [6.45, 7) is 19.9. The standard InChI is InChI=1S/C14H28O.C10H11BrO.C5H10O/c1-7-9-10-13(15-6)14(11(3)4)12(5)8-2;1-7-4-5-9(11)10-8(7)3-2-6-12-10;1-4-5(2)6-3/h10-12,14H,7-9H2,1-6H3;4-5H,2-3,6H2,1H3;2,4H2,1,3H3/b13-10+;;. The molecular formula is C29H49BrO3. The maximum absolute atomic E-state index is 5.59. The van der Waals surface area contributed by atoms with E-state index in [2.05, 4.69) is 82.3 Å². The van der Waals surface area contributed by atoms with E-state index in [-0.39, 0.29) is 0 Å². The first kappa shape index (κ1) is 31.6. The summed E-state index contributed by atoms with van der Waals surface area (Å²) in [6, 6.07) is 4.19. The van der Waals surface area contributed by atoms with Crippen LogP contribution in [0.2, 0.25) is 0 Å². The van der Waals surface area contributed by atoms with Crippen LogP contribution in [0.15, 0.2) is 40.8 Å². The van der Waals surface area contributed by atoms with Crippen LogP contribution < -0.4 is 4.74 Å². The van der Waals surface area contributed by atoms with Crippen molar-refractivity contribution in [3.63, 3.8) is 0 Å². The molecule has 1 aliphatic rings. The van der Waals surface area contributed by atoms with Crippen molar-refractivity contribution in [2.24, 2.45) is 17.8 Å². The molecule has 33 heavy (non-hydrogen) atoms. The molecule has 1 heterocycles. The Labute approximate surface area is 213 Å². The number of methoxy groups -OCH3 is 2. The van der Waals surface area contributed by atoms with Gasteiger partial charge in [-0.25, -0.2) is 0 Å². The van der Waals surface area contributed by atoms with E-state index in [0.29, 0.717) is 17.8 Å². The maximum atomic E-state index is 5.59. The Morgan fingerprint density at radius 1 is 1.15 bits per heavy atom. The lowest BCUT2D eigenvalue weighted by Gasteiger charge is -2.28. The molecule has 0 bridgehead atoms. The van der Waals surface area contributed by atoms with Gasteiger partial charge in [-0.1, -0.05) is 67.0 Å². The van der Waals surface area contributed by atoms with Crippen LogP contribution in [-0.4, -0.2) is 20.8 Å². The zero-order chi connectivity index (χ0) is 25.4. The lowest BCUT2D eigenvalue weighted by Crippen LogP contribution is -2.21. The third kappa shape index (κ3) is 11.5. The monoisotopic (exact) mass is 524 g/mol. The van der Waals surface area contributed by atoms with Crippen LogP contribution in [0.4, 0.5) is 0 Å². The molecule has 190 valence electrons. The van der Waals surface area contributed by atoms with Crippen molar-refractivity contribution in [1.29, 1.82) is 0 Å². The second-order valence-electron chi connectivity index (χ2n) is 8.97. The SMILES string of the molecule is C=C(CC)OC.CCC/C=C(/OC)C(C(C)C)C(C)CC.Cc1ccc(Br)c2c1CCCO2. The molecule has 0 aromatic heterocycles. The molecule has 1 aliphatic heterocycles. The lowest BCUT2D eigenvalue weighted by atomic mass is 9.81. The zero-order valence-corrected chi connectivity index (χ0v) is 24.3.